The number of nitrogens with one attached hydrogen (secondary N) is 2. The van der Waals surface area contributed by atoms with Crippen LogP contribution in [0.2, 0.25) is 5.02 Å². The van der Waals surface area contributed by atoms with Crippen LogP contribution in [0.1, 0.15) is 22.6 Å². The Morgan fingerprint density at radius 2 is 2.00 bits per heavy atom. The number of hydrogen-bond donors (Lipinski definition) is 2. The van der Waals surface area contributed by atoms with Crippen LogP contribution in [-0.4, -0.2) is 42.2 Å². The Morgan fingerprint density at radius 3 is 2.75 bits per heavy atom. The number of aromatic nitrogens is 2. The average molecular weight is 407 g/mol. The first kappa shape index (κ1) is 18.6. The number of anilines is 2. The fourth-order valence-electron chi connectivity index (χ4n) is 3.16. The predicted molar refractivity (Wildman–Crippen MR) is 103 cm³/mol. The number of hydrogen-bond acceptors (Lipinski definition) is 4. The van der Waals surface area contributed by atoms with Gasteiger partial charge in [0.25, 0.3) is 12.3 Å². The van der Waals surface area contributed by atoms with Gasteiger partial charge in [-0.2, -0.15) is 0 Å². The number of aromatic amines is 1. The van der Waals surface area contributed by atoms with E-state index < -0.39 is 12.2 Å². The molecule has 1 aliphatic rings. The SMILES string of the molecule is O=C(Nc1cc(Cl)ccc1N1CCOCC1)c1ccc2nc(C(F)F)[nH]c2c1. The highest BCUT2D eigenvalue weighted by Crippen LogP contribution is 2.30. The third kappa shape index (κ3) is 3.79. The molecule has 9 heteroatoms. The second-order valence-corrected chi connectivity index (χ2v) is 6.81. The average Bonchev–Trinajstić information content (AvgIpc) is 3.12. The minimum Gasteiger partial charge on any atom is -0.378 e. The number of fused-ring (bicyclic) bond motifs is 1. The van der Waals surface area contributed by atoms with Gasteiger partial charge in [0.05, 0.1) is 35.6 Å². The van der Waals surface area contributed by atoms with Gasteiger partial charge in [0, 0.05) is 23.7 Å². The van der Waals surface area contributed by atoms with Gasteiger partial charge in [0.2, 0.25) is 0 Å². The number of carbonyl (C=O) groups is 1. The zero-order chi connectivity index (χ0) is 19.7. The van der Waals surface area contributed by atoms with E-state index in [1.807, 2.05) is 6.07 Å². The second kappa shape index (κ2) is 7.73. The van der Waals surface area contributed by atoms with Crippen LogP contribution in [-0.2, 0) is 4.74 Å². The third-order valence-corrected chi connectivity index (χ3v) is 4.76. The summed E-state index contributed by atoms with van der Waals surface area (Å²) in [6, 6.07) is 9.90. The number of morpholine rings is 1. The number of alkyl halides is 2. The lowest BCUT2D eigenvalue weighted by molar-refractivity contribution is 0.102. The lowest BCUT2D eigenvalue weighted by Crippen LogP contribution is -2.36. The Kier molecular flexibility index (Phi) is 5.15. The Bertz CT molecular complexity index is 1020. The van der Waals surface area contributed by atoms with Crippen molar-refractivity contribution in [2.24, 2.45) is 0 Å². The van der Waals surface area contributed by atoms with Gasteiger partial charge in [-0.15, -0.1) is 0 Å². The number of halogens is 3. The first-order valence-corrected chi connectivity index (χ1v) is 9.10. The Hall–Kier alpha value is -2.71. The normalized spacial score (nSPS) is 14.6. The fraction of sp³-hybridized carbons (Fsp3) is 0.263. The van der Waals surface area contributed by atoms with Gasteiger partial charge >= 0.3 is 0 Å². The van der Waals surface area contributed by atoms with Crippen molar-refractivity contribution in [1.29, 1.82) is 0 Å². The van der Waals surface area contributed by atoms with E-state index in [0.717, 1.165) is 5.69 Å². The number of carbonyl (C=O) groups excluding carboxylic acids is 1. The summed E-state index contributed by atoms with van der Waals surface area (Å²) in [6.45, 7) is 2.64. The lowest BCUT2D eigenvalue weighted by atomic mass is 10.1. The van der Waals surface area contributed by atoms with Gasteiger partial charge in [-0.1, -0.05) is 11.6 Å². The predicted octanol–water partition coefficient (Wildman–Crippen LogP) is 4.24. The smallest absolute Gasteiger partial charge is 0.295 e. The first-order chi connectivity index (χ1) is 13.5. The van der Waals surface area contributed by atoms with E-state index in [-0.39, 0.29) is 5.91 Å². The van der Waals surface area contributed by atoms with Crippen molar-refractivity contribution < 1.29 is 18.3 Å². The first-order valence-electron chi connectivity index (χ1n) is 8.72. The molecule has 1 aromatic heterocycles. The molecule has 1 aliphatic heterocycles. The molecule has 0 bridgehead atoms. The number of rotatable bonds is 4. The van der Waals surface area contributed by atoms with E-state index in [4.69, 9.17) is 16.3 Å². The molecule has 1 saturated heterocycles. The molecule has 6 nitrogen and oxygen atoms in total. The van der Waals surface area contributed by atoms with Gasteiger partial charge in [0.15, 0.2) is 5.82 Å². The maximum atomic E-state index is 12.8. The van der Waals surface area contributed by atoms with Crippen LogP contribution in [0, 0.1) is 0 Å². The van der Waals surface area contributed by atoms with E-state index in [1.165, 1.54) is 12.1 Å². The summed E-state index contributed by atoms with van der Waals surface area (Å²) in [5.74, 6) is -0.788. The van der Waals surface area contributed by atoms with Crippen LogP contribution in [0.15, 0.2) is 36.4 Å². The molecule has 0 spiro atoms. The summed E-state index contributed by atoms with van der Waals surface area (Å²) in [6.07, 6.45) is -2.70. The number of nitrogens with zero attached hydrogens (tertiary/aromatic N) is 2. The summed E-state index contributed by atoms with van der Waals surface area (Å²) in [4.78, 5) is 21.2. The summed E-state index contributed by atoms with van der Waals surface area (Å²) in [5.41, 5.74) is 2.51. The quantitative estimate of drug-likeness (QED) is 0.679. The van der Waals surface area contributed by atoms with Crippen LogP contribution < -0.4 is 10.2 Å². The van der Waals surface area contributed by atoms with Crippen LogP contribution in [0.3, 0.4) is 0 Å². The molecule has 0 saturated carbocycles. The highest BCUT2D eigenvalue weighted by molar-refractivity contribution is 6.31. The van der Waals surface area contributed by atoms with Crippen LogP contribution in [0.25, 0.3) is 11.0 Å². The molecule has 0 atom stereocenters. The van der Waals surface area contributed by atoms with Crippen LogP contribution >= 0.6 is 11.6 Å². The van der Waals surface area contributed by atoms with E-state index in [9.17, 15) is 13.6 Å². The molecule has 146 valence electrons. The molecular formula is C19H17ClF2N4O2. The van der Waals surface area contributed by atoms with Gasteiger partial charge in [-0.3, -0.25) is 4.79 Å². The molecule has 2 heterocycles. The number of H-pyrrole nitrogens is 1. The molecule has 28 heavy (non-hydrogen) atoms. The van der Waals surface area contributed by atoms with Crippen molar-refractivity contribution in [3.8, 4) is 0 Å². The van der Waals surface area contributed by atoms with Crippen molar-refractivity contribution in [3.63, 3.8) is 0 Å². The lowest BCUT2D eigenvalue weighted by Gasteiger charge is -2.30. The second-order valence-electron chi connectivity index (χ2n) is 6.37. The van der Waals surface area contributed by atoms with Crippen LogP contribution in [0.4, 0.5) is 20.2 Å². The maximum absolute atomic E-state index is 12.8. The molecule has 2 aromatic carbocycles. The standard InChI is InChI=1S/C19H17ClF2N4O2/c20-12-2-4-16(26-5-7-28-8-6-26)15(10-12)25-19(27)11-1-3-13-14(9-11)24-18(23-13)17(21)22/h1-4,9-10,17H,5-8H2,(H,23,24)(H,25,27). The minimum atomic E-state index is -2.70. The largest absolute Gasteiger partial charge is 0.378 e. The number of ether oxygens (including phenoxy) is 1. The summed E-state index contributed by atoms with van der Waals surface area (Å²) in [7, 11) is 0. The van der Waals surface area contributed by atoms with Crippen molar-refractivity contribution >= 4 is 39.9 Å². The van der Waals surface area contributed by atoms with Gasteiger partial charge in [-0.05, 0) is 36.4 Å². The minimum absolute atomic E-state index is 0.324. The fourth-order valence-corrected chi connectivity index (χ4v) is 3.33. The molecule has 0 radical (unpaired) electrons. The van der Waals surface area contributed by atoms with Crippen molar-refractivity contribution in [2.75, 3.05) is 36.5 Å². The summed E-state index contributed by atoms with van der Waals surface area (Å²) < 4.78 is 31.0. The molecule has 4 rings (SSSR count). The molecule has 2 N–H and O–H groups in total. The molecular weight excluding hydrogens is 390 g/mol. The van der Waals surface area contributed by atoms with E-state index in [2.05, 4.69) is 20.2 Å². The number of benzene rings is 2. The van der Waals surface area contributed by atoms with Gasteiger partial charge < -0.3 is 19.9 Å². The molecule has 1 amide bonds. The van der Waals surface area contributed by atoms with Gasteiger partial charge in [0.1, 0.15) is 0 Å². The van der Waals surface area contributed by atoms with E-state index in [1.54, 1.807) is 18.2 Å². The Balaban J connectivity index is 1.61. The maximum Gasteiger partial charge on any atom is 0.295 e. The molecule has 0 unspecified atom stereocenters. The van der Waals surface area contributed by atoms with E-state index >= 15 is 0 Å². The zero-order valence-corrected chi connectivity index (χ0v) is 15.5. The van der Waals surface area contributed by atoms with Crippen molar-refractivity contribution in [2.45, 2.75) is 6.43 Å². The topological polar surface area (TPSA) is 70.2 Å². The number of imidazole rings is 1. The summed E-state index contributed by atoms with van der Waals surface area (Å²) in [5, 5.41) is 3.37. The van der Waals surface area contributed by atoms with Crippen molar-refractivity contribution in [1.82, 2.24) is 9.97 Å². The highest BCUT2D eigenvalue weighted by atomic mass is 35.5. The Labute approximate surface area is 164 Å². The van der Waals surface area contributed by atoms with E-state index in [0.29, 0.717) is 53.6 Å². The number of amides is 1. The summed E-state index contributed by atoms with van der Waals surface area (Å²) >= 11 is 6.12. The molecule has 0 aliphatic carbocycles. The zero-order valence-electron chi connectivity index (χ0n) is 14.7. The molecule has 3 aromatic rings. The monoisotopic (exact) mass is 406 g/mol. The third-order valence-electron chi connectivity index (χ3n) is 4.53. The van der Waals surface area contributed by atoms with Crippen LogP contribution in [0.5, 0.6) is 0 Å². The van der Waals surface area contributed by atoms with Gasteiger partial charge in [-0.25, -0.2) is 13.8 Å². The highest BCUT2D eigenvalue weighted by Gasteiger charge is 2.18. The van der Waals surface area contributed by atoms with Crippen molar-refractivity contribution in [3.05, 3.63) is 52.8 Å². The Morgan fingerprint density at radius 1 is 1.21 bits per heavy atom. The molecule has 1 fully saturated rings.